The van der Waals surface area contributed by atoms with E-state index in [1.165, 1.54) is 54.5 Å². The van der Waals surface area contributed by atoms with Gasteiger partial charge in [0.2, 0.25) is 0 Å². The quantitative estimate of drug-likeness (QED) is 0.403. The van der Waals surface area contributed by atoms with Crippen LogP contribution in [-0.4, -0.2) is 9.55 Å². The Balaban J connectivity index is 1.74. The van der Waals surface area contributed by atoms with Crippen molar-refractivity contribution in [2.45, 2.75) is 6.42 Å². The summed E-state index contributed by atoms with van der Waals surface area (Å²) >= 11 is 0. The number of hydrogen-bond donors (Lipinski definition) is 1. The van der Waals surface area contributed by atoms with E-state index in [9.17, 15) is 0 Å². The second-order valence-corrected chi connectivity index (χ2v) is 8.26. The van der Waals surface area contributed by atoms with Gasteiger partial charge in [-0.15, -0.1) is 0 Å². The number of fused-ring (bicyclic) bond motifs is 7. The minimum atomic E-state index is 0.469. The maximum absolute atomic E-state index is 3.63. The minimum Gasteiger partial charge on any atom is -0.354 e. The van der Waals surface area contributed by atoms with Crippen molar-refractivity contribution >= 4 is 44.4 Å². The first-order valence-corrected chi connectivity index (χ1v) is 10.6. The van der Waals surface area contributed by atoms with Gasteiger partial charge in [-0.3, -0.25) is 0 Å². The normalized spacial score (nSPS) is 17.5. The molecule has 2 aliphatic carbocycles. The van der Waals surface area contributed by atoms with E-state index < -0.39 is 0 Å². The van der Waals surface area contributed by atoms with Gasteiger partial charge in [-0.05, 0) is 42.3 Å². The van der Waals surface area contributed by atoms with Crippen molar-refractivity contribution in [3.63, 3.8) is 0 Å². The zero-order chi connectivity index (χ0) is 19.7. The summed E-state index contributed by atoms with van der Waals surface area (Å²) in [7, 11) is 0. The van der Waals surface area contributed by atoms with Crippen molar-refractivity contribution in [3.05, 3.63) is 102 Å². The Morgan fingerprint density at radius 2 is 1.67 bits per heavy atom. The summed E-state index contributed by atoms with van der Waals surface area (Å²) in [6.45, 7) is 0. The first kappa shape index (κ1) is 16.1. The van der Waals surface area contributed by atoms with Gasteiger partial charge in [-0.2, -0.15) is 0 Å². The number of nitrogens with zero attached hydrogens (tertiary/aromatic N) is 1. The molecule has 2 heteroatoms. The highest BCUT2D eigenvalue weighted by Gasteiger charge is 2.21. The Labute approximate surface area is 173 Å². The summed E-state index contributed by atoms with van der Waals surface area (Å²) in [6, 6.07) is 24.1. The Hall–Kier alpha value is -3.78. The molecule has 0 spiro atoms. The Bertz CT molecular complexity index is 1660. The molecule has 0 fully saturated rings. The Morgan fingerprint density at radius 1 is 0.800 bits per heavy atom. The lowest BCUT2D eigenvalue weighted by atomic mass is 9.86. The summed E-state index contributed by atoms with van der Waals surface area (Å²) in [5, 5.41) is 6.62. The third kappa shape index (κ3) is 2.08. The number of aromatic amines is 1. The van der Waals surface area contributed by atoms with Crippen molar-refractivity contribution in [2.75, 3.05) is 0 Å². The Morgan fingerprint density at radius 3 is 2.60 bits per heavy atom. The molecule has 0 amide bonds. The fraction of sp³-hybridized carbons (Fsp3) is 0.0714. The van der Waals surface area contributed by atoms with Gasteiger partial charge >= 0.3 is 0 Å². The van der Waals surface area contributed by atoms with Crippen LogP contribution in [0.5, 0.6) is 0 Å². The Kier molecular flexibility index (Phi) is 3.14. The second-order valence-electron chi connectivity index (χ2n) is 8.26. The molecule has 2 aromatic heterocycles. The van der Waals surface area contributed by atoms with E-state index in [-0.39, 0.29) is 0 Å². The monoisotopic (exact) mass is 384 g/mol. The highest BCUT2D eigenvalue weighted by atomic mass is 15.0. The summed E-state index contributed by atoms with van der Waals surface area (Å²) < 4.78 is 2.44. The first-order chi connectivity index (χ1) is 14.9. The van der Waals surface area contributed by atoms with Crippen LogP contribution in [0.3, 0.4) is 0 Å². The van der Waals surface area contributed by atoms with Crippen LogP contribution < -0.4 is 10.6 Å². The fourth-order valence-electron chi connectivity index (χ4n) is 5.30. The number of rotatable bonds is 1. The van der Waals surface area contributed by atoms with Gasteiger partial charge in [0.15, 0.2) is 0 Å². The number of benzene rings is 3. The molecule has 0 radical (unpaired) electrons. The molecule has 142 valence electrons. The molecule has 1 N–H and O–H groups in total. The molecule has 0 bridgehead atoms. The van der Waals surface area contributed by atoms with E-state index in [2.05, 4.69) is 107 Å². The second kappa shape index (κ2) is 5.87. The number of hydrogen-bond acceptors (Lipinski definition) is 0. The lowest BCUT2D eigenvalue weighted by molar-refractivity contribution is 0.854. The third-order valence-corrected chi connectivity index (χ3v) is 6.63. The molecule has 30 heavy (non-hydrogen) atoms. The highest BCUT2D eigenvalue weighted by Crippen LogP contribution is 2.31. The summed E-state index contributed by atoms with van der Waals surface area (Å²) in [5.74, 6) is 0.469. The smallest absolute Gasteiger partial charge is 0.0562 e. The van der Waals surface area contributed by atoms with Crippen LogP contribution in [0, 0.1) is 5.92 Å². The SMILES string of the molecule is C1=CC2=c3c(n(-c4ccccc4)c4cc5[nH]c6ccccc6c5cc34)=CCC2C=C1. The minimum absolute atomic E-state index is 0.469. The van der Waals surface area contributed by atoms with Crippen LogP contribution >= 0.6 is 0 Å². The number of H-pyrrole nitrogens is 1. The molecule has 2 nitrogen and oxygen atoms in total. The van der Waals surface area contributed by atoms with E-state index in [0.29, 0.717) is 5.92 Å². The molecular formula is C28H20N2. The molecule has 0 saturated carbocycles. The van der Waals surface area contributed by atoms with Crippen molar-refractivity contribution in [3.8, 4) is 5.69 Å². The molecule has 0 aliphatic heterocycles. The maximum Gasteiger partial charge on any atom is 0.0562 e. The van der Waals surface area contributed by atoms with Crippen molar-refractivity contribution in [2.24, 2.45) is 5.92 Å². The van der Waals surface area contributed by atoms with Crippen LogP contribution in [0.4, 0.5) is 0 Å². The van der Waals surface area contributed by atoms with Crippen LogP contribution in [0.2, 0.25) is 0 Å². The van der Waals surface area contributed by atoms with Crippen LogP contribution in [-0.2, 0) is 0 Å². The summed E-state index contributed by atoms with van der Waals surface area (Å²) in [5.41, 5.74) is 6.30. The van der Waals surface area contributed by atoms with E-state index in [0.717, 1.165) is 6.42 Å². The molecule has 2 heterocycles. The van der Waals surface area contributed by atoms with Crippen LogP contribution in [0.1, 0.15) is 6.42 Å². The summed E-state index contributed by atoms with van der Waals surface area (Å²) in [6.07, 6.45) is 12.5. The van der Waals surface area contributed by atoms with Gasteiger partial charge in [-0.25, -0.2) is 0 Å². The van der Waals surface area contributed by atoms with Gasteiger partial charge in [0, 0.05) is 44.0 Å². The molecular weight excluding hydrogens is 364 g/mol. The fourth-order valence-corrected chi connectivity index (χ4v) is 5.30. The standard InChI is InChI=1S/C28H20N2/c1-2-9-19(10-3-1)30-26-15-14-18-8-4-5-11-20(18)28(26)23-16-22-21-12-6-7-13-24(21)29-25(22)17-27(23)30/h1-13,15-18,29H,14H2. The average Bonchev–Trinajstić information content (AvgIpc) is 3.33. The van der Waals surface area contributed by atoms with Gasteiger partial charge in [0.1, 0.15) is 0 Å². The number of nitrogens with one attached hydrogen (secondary N) is 1. The average molecular weight is 384 g/mol. The maximum atomic E-state index is 3.63. The highest BCUT2D eigenvalue weighted by molar-refractivity contribution is 6.12. The molecule has 5 aromatic rings. The first-order valence-electron chi connectivity index (χ1n) is 10.6. The van der Waals surface area contributed by atoms with Gasteiger partial charge in [0.05, 0.1) is 10.9 Å². The molecule has 1 unspecified atom stereocenters. The third-order valence-electron chi connectivity index (χ3n) is 6.63. The summed E-state index contributed by atoms with van der Waals surface area (Å²) in [4.78, 5) is 3.63. The predicted molar refractivity (Wildman–Crippen MR) is 126 cm³/mol. The van der Waals surface area contributed by atoms with Crippen molar-refractivity contribution in [1.82, 2.24) is 9.55 Å². The molecule has 1 atom stereocenters. The largest absolute Gasteiger partial charge is 0.354 e. The van der Waals surface area contributed by atoms with Gasteiger partial charge < -0.3 is 9.55 Å². The molecule has 7 rings (SSSR count). The topological polar surface area (TPSA) is 20.7 Å². The van der Waals surface area contributed by atoms with E-state index in [1.807, 2.05) is 0 Å². The number of para-hydroxylation sites is 2. The van der Waals surface area contributed by atoms with Crippen molar-refractivity contribution in [1.29, 1.82) is 0 Å². The van der Waals surface area contributed by atoms with Crippen LogP contribution in [0.15, 0.2) is 91.0 Å². The van der Waals surface area contributed by atoms with Crippen LogP contribution in [0.25, 0.3) is 50.0 Å². The van der Waals surface area contributed by atoms with Gasteiger partial charge in [-0.1, -0.05) is 66.8 Å². The number of aromatic nitrogens is 2. The zero-order valence-electron chi connectivity index (χ0n) is 16.5. The lowest BCUT2D eigenvalue weighted by Gasteiger charge is -2.18. The van der Waals surface area contributed by atoms with Gasteiger partial charge in [0.25, 0.3) is 0 Å². The predicted octanol–water partition coefficient (Wildman–Crippen LogP) is 5.34. The van der Waals surface area contributed by atoms with E-state index in [1.54, 1.807) is 0 Å². The van der Waals surface area contributed by atoms with E-state index in [4.69, 9.17) is 0 Å². The lowest BCUT2D eigenvalue weighted by Crippen LogP contribution is -2.34. The van der Waals surface area contributed by atoms with E-state index >= 15 is 0 Å². The number of allylic oxidation sites excluding steroid dienone is 4. The van der Waals surface area contributed by atoms with Crippen molar-refractivity contribution < 1.29 is 0 Å². The zero-order valence-corrected chi connectivity index (χ0v) is 16.5. The molecule has 3 aromatic carbocycles. The molecule has 2 aliphatic rings. The molecule has 0 saturated heterocycles.